The van der Waals surface area contributed by atoms with E-state index < -0.39 is 5.82 Å². The Morgan fingerprint density at radius 3 is 2.93 bits per heavy atom. The normalized spacial score (nSPS) is 23.3. The lowest BCUT2D eigenvalue weighted by molar-refractivity contribution is -0.132. The molecule has 1 aromatic heterocycles. The number of hydrogen-bond donors (Lipinski definition) is 1. The summed E-state index contributed by atoms with van der Waals surface area (Å²) in [5, 5.41) is 3.61. The summed E-state index contributed by atoms with van der Waals surface area (Å²) < 4.78 is 18.6. The molecule has 2 aromatic rings. The predicted molar refractivity (Wildman–Crippen MR) is 98.9 cm³/mol. The van der Waals surface area contributed by atoms with Crippen molar-refractivity contribution >= 4 is 22.8 Å². The number of hydrogen-bond acceptors (Lipinski definition) is 4. The van der Waals surface area contributed by atoms with Crippen LogP contribution in [0.4, 0.5) is 4.39 Å². The van der Waals surface area contributed by atoms with E-state index in [1.165, 1.54) is 18.4 Å². The minimum Gasteiger partial charge on any atom is -0.463 e. The van der Waals surface area contributed by atoms with Crippen LogP contribution in [0.1, 0.15) is 36.5 Å². The van der Waals surface area contributed by atoms with Crippen LogP contribution in [-0.4, -0.2) is 59.9 Å². The summed E-state index contributed by atoms with van der Waals surface area (Å²) in [4.78, 5) is 29.1. The molecule has 4 rings (SSSR count). The Morgan fingerprint density at radius 2 is 2.15 bits per heavy atom. The highest BCUT2D eigenvalue weighted by Gasteiger charge is 2.30. The highest BCUT2D eigenvalue weighted by molar-refractivity contribution is 6.06. The summed E-state index contributed by atoms with van der Waals surface area (Å²) in [7, 11) is 0. The molecule has 2 atom stereocenters. The highest BCUT2D eigenvalue weighted by Crippen LogP contribution is 2.23. The van der Waals surface area contributed by atoms with Crippen LogP contribution in [0.15, 0.2) is 28.9 Å². The molecule has 1 N–H and O–H groups in total. The molecule has 0 aliphatic carbocycles. The molecule has 0 unspecified atom stereocenters. The second-order valence-corrected chi connectivity index (χ2v) is 7.56. The van der Waals surface area contributed by atoms with E-state index in [4.69, 9.17) is 4.42 Å². The molecule has 0 saturated carbocycles. The lowest BCUT2D eigenvalue weighted by Crippen LogP contribution is -2.42. The Bertz CT molecular complexity index is 865. The molecule has 2 saturated heterocycles. The minimum atomic E-state index is -0.396. The van der Waals surface area contributed by atoms with Gasteiger partial charge >= 0.3 is 0 Å². The number of fused-ring (bicyclic) bond motifs is 1. The van der Waals surface area contributed by atoms with Crippen LogP contribution < -0.4 is 5.32 Å². The standard InChI is InChI=1S/C20H24FN3O3/c1-13-3-2-7-24(13)19(25)11-23-8-6-15(10-23)22-20(26)17-12-27-18-9-14(21)4-5-16(17)18/h4-5,9,12-13,15H,2-3,6-8,10-11H2,1H3,(H,22,26)/t13-,15+/m1/s1. The van der Waals surface area contributed by atoms with E-state index in [9.17, 15) is 14.0 Å². The smallest absolute Gasteiger partial charge is 0.255 e. The van der Waals surface area contributed by atoms with Crippen molar-refractivity contribution in [3.8, 4) is 0 Å². The van der Waals surface area contributed by atoms with Gasteiger partial charge in [-0.15, -0.1) is 0 Å². The first-order chi connectivity index (χ1) is 13.0. The van der Waals surface area contributed by atoms with Gasteiger partial charge in [0.25, 0.3) is 5.91 Å². The van der Waals surface area contributed by atoms with Crippen molar-refractivity contribution in [1.82, 2.24) is 15.1 Å². The van der Waals surface area contributed by atoms with E-state index in [0.717, 1.165) is 32.4 Å². The number of carbonyl (C=O) groups is 2. The first-order valence-corrected chi connectivity index (χ1v) is 9.50. The van der Waals surface area contributed by atoms with Gasteiger partial charge < -0.3 is 14.6 Å². The number of halogens is 1. The molecule has 2 aliphatic rings. The molecule has 144 valence electrons. The van der Waals surface area contributed by atoms with Gasteiger partial charge in [0, 0.05) is 43.2 Å². The van der Waals surface area contributed by atoms with E-state index >= 15 is 0 Å². The number of amides is 2. The summed E-state index contributed by atoms with van der Waals surface area (Å²) in [6.07, 6.45) is 4.32. The molecular formula is C20H24FN3O3. The summed E-state index contributed by atoms with van der Waals surface area (Å²) in [6.45, 7) is 4.80. The molecule has 0 bridgehead atoms. The summed E-state index contributed by atoms with van der Waals surface area (Å²) in [5.74, 6) is -0.450. The quantitative estimate of drug-likeness (QED) is 0.894. The Balaban J connectivity index is 1.34. The van der Waals surface area contributed by atoms with Crippen LogP contribution >= 0.6 is 0 Å². The van der Waals surface area contributed by atoms with E-state index in [1.54, 1.807) is 6.07 Å². The molecule has 7 heteroatoms. The summed E-state index contributed by atoms with van der Waals surface area (Å²) in [6, 6.07) is 4.46. The van der Waals surface area contributed by atoms with Crippen LogP contribution in [-0.2, 0) is 4.79 Å². The first-order valence-electron chi connectivity index (χ1n) is 9.50. The number of benzene rings is 1. The topological polar surface area (TPSA) is 65.8 Å². The van der Waals surface area contributed by atoms with Crippen molar-refractivity contribution in [3.63, 3.8) is 0 Å². The van der Waals surface area contributed by atoms with E-state index in [0.29, 0.717) is 35.7 Å². The van der Waals surface area contributed by atoms with Crippen molar-refractivity contribution in [2.75, 3.05) is 26.2 Å². The number of rotatable bonds is 4. The van der Waals surface area contributed by atoms with Gasteiger partial charge in [0.05, 0.1) is 12.1 Å². The zero-order valence-corrected chi connectivity index (χ0v) is 15.4. The maximum atomic E-state index is 13.3. The van der Waals surface area contributed by atoms with Gasteiger partial charge in [0.15, 0.2) is 0 Å². The molecule has 2 amide bonds. The summed E-state index contributed by atoms with van der Waals surface area (Å²) in [5.41, 5.74) is 0.768. The lowest BCUT2D eigenvalue weighted by Gasteiger charge is -2.24. The van der Waals surface area contributed by atoms with Crippen molar-refractivity contribution in [3.05, 3.63) is 35.8 Å². The minimum absolute atomic E-state index is 0.00769. The average molecular weight is 373 g/mol. The third-order valence-electron chi connectivity index (χ3n) is 5.62. The fourth-order valence-electron chi connectivity index (χ4n) is 4.12. The van der Waals surface area contributed by atoms with Gasteiger partial charge in [0.1, 0.15) is 17.7 Å². The molecule has 2 fully saturated rings. The molecule has 27 heavy (non-hydrogen) atoms. The van der Waals surface area contributed by atoms with Crippen LogP contribution in [0, 0.1) is 5.82 Å². The van der Waals surface area contributed by atoms with Crippen molar-refractivity contribution in [2.24, 2.45) is 0 Å². The highest BCUT2D eigenvalue weighted by atomic mass is 19.1. The zero-order chi connectivity index (χ0) is 19.0. The Morgan fingerprint density at radius 1 is 1.30 bits per heavy atom. The first kappa shape index (κ1) is 18.0. The lowest BCUT2D eigenvalue weighted by atomic mass is 10.1. The molecule has 6 nitrogen and oxygen atoms in total. The Kier molecular flexibility index (Phi) is 4.86. The molecule has 2 aliphatic heterocycles. The third kappa shape index (κ3) is 3.69. The molecule has 0 spiro atoms. The Labute approximate surface area is 157 Å². The maximum absolute atomic E-state index is 13.3. The van der Waals surface area contributed by atoms with Gasteiger partial charge in [-0.05, 0) is 38.3 Å². The van der Waals surface area contributed by atoms with Gasteiger partial charge in [-0.3, -0.25) is 14.5 Å². The number of carbonyl (C=O) groups excluding carboxylic acids is 2. The molecule has 1 aromatic carbocycles. The van der Waals surface area contributed by atoms with E-state index in [1.807, 2.05) is 4.90 Å². The maximum Gasteiger partial charge on any atom is 0.255 e. The van der Waals surface area contributed by atoms with E-state index in [-0.39, 0.29) is 17.9 Å². The van der Waals surface area contributed by atoms with Crippen molar-refractivity contribution < 1.29 is 18.4 Å². The monoisotopic (exact) mass is 373 g/mol. The fourth-order valence-corrected chi connectivity index (χ4v) is 4.12. The third-order valence-corrected chi connectivity index (χ3v) is 5.62. The summed E-state index contributed by atoms with van der Waals surface area (Å²) >= 11 is 0. The Hall–Kier alpha value is -2.41. The fraction of sp³-hybridized carbons (Fsp3) is 0.500. The predicted octanol–water partition coefficient (Wildman–Crippen LogP) is 2.39. The van der Waals surface area contributed by atoms with Crippen LogP contribution in [0.25, 0.3) is 11.0 Å². The van der Waals surface area contributed by atoms with Crippen molar-refractivity contribution in [2.45, 2.75) is 38.3 Å². The second-order valence-electron chi connectivity index (χ2n) is 7.56. The second kappa shape index (κ2) is 7.31. The number of likely N-dealkylation sites (tertiary alicyclic amines) is 2. The largest absolute Gasteiger partial charge is 0.463 e. The van der Waals surface area contributed by atoms with Gasteiger partial charge in [-0.2, -0.15) is 0 Å². The average Bonchev–Trinajstić information content (AvgIpc) is 3.34. The van der Waals surface area contributed by atoms with Gasteiger partial charge in [-0.1, -0.05) is 0 Å². The molecular weight excluding hydrogens is 349 g/mol. The van der Waals surface area contributed by atoms with E-state index in [2.05, 4.69) is 17.1 Å². The van der Waals surface area contributed by atoms with Crippen LogP contribution in [0.2, 0.25) is 0 Å². The zero-order valence-electron chi connectivity index (χ0n) is 15.4. The SMILES string of the molecule is C[C@@H]1CCCN1C(=O)CN1CC[C@H](NC(=O)c2coc3cc(F)ccc23)C1. The van der Waals surface area contributed by atoms with Gasteiger partial charge in [-0.25, -0.2) is 4.39 Å². The molecule has 3 heterocycles. The molecule has 0 radical (unpaired) electrons. The number of nitrogens with zero attached hydrogens (tertiary/aromatic N) is 2. The van der Waals surface area contributed by atoms with Crippen molar-refractivity contribution in [1.29, 1.82) is 0 Å². The number of nitrogens with one attached hydrogen (secondary N) is 1. The van der Waals surface area contributed by atoms with Gasteiger partial charge in [0.2, 0.25) is 5.91 Å². The van der Waals surface area contributed by atoms with Crippen LogP contribution in [0.3, 0.4) is 0 Å². The number of furan rings is 1. The van der Waals surface area contributed by atoms with Crippen LogP contribution in [0.5, 0.6) is 0 Å².